The number of aliphatic hydroxyl groups excluding tert-OH is 1. The van der Waals surface area contributed by atoms with Crippen molar-refractivity contribution in [3.63, 3.8) is 0 Å². The van der Waals surface area contributed by atoms with Crippen LogP contribution in [0.1, 0.15) is 11.5 Å². The van der Waals surface area contributed by atoms with Gasteiger partial charge in [0, 0.05) is 0 Å². The Morgan fingerprint density at radius 3 is 2.15 bits per heavy atom. The maximum absolute atomic E-state index is 11.7. The fourth-order valence-corrected chi connectivity index (χ4v) is 2.68. The lowest BCUT2D eigenvalue weighted by Crippen LogP contribution is -2.81. The van der Waals surface area contributed by atoms with Gasteiger partial charge in [-0.1, -0.05) is 30.3 Å². The number of carboxylic acids is 1. The number of hydrogen-bond acceptors (Lipinski definition) is 6. The van der Waals surface area contributed by atoms with Gasteiger partial charge in [0.2, 0.25) is 11.2 Å². The number of aliphatic carboxylic acids is 1. The van der Waals surface area contributed by atoms with Gasteiger partial charge >= 0.3 is 11.9 Å². The molecule has 0 aromatic heterocycles. The van der Waals surface area contributed by atoms with Gasteiger partial charge in [0.25, 0.3) is 0 Å². The summed E-state index contributed by atoms with van der Waals surface area (Å²) in [5.74, 6) is -4.46. The van der Waals surface area contributed by atoms with Gasteiger partial charge in [0.1, 0.15) is 6.10 Å². The average molecular weight is 282 g/mol. The number of carbonyl (C=O) groups is 2. The van der Waals surface area contributed by atoms with E-state index < -0.39 is 35.2 Å². The molecule has 20 heavy (non-hydrogen) atoms. The molecule has 4 atom stereocenters. The van der Waals surface area contributed by atoms with E-state index in [1.165, 1.54) is 12.1 Å². The lowest BCUT2D eigenvalue weighted by molar-refractivity contribution is -0.282. The fourth-order valence-electron chi connectivity index (χ4n) is 2.68. The van der Waals surface area contributed by atoms with Crippen molar-refractivity contribution in [3.05, 3.63) is 35.9 Å². The van der Waals surface area contributed by atoms with E-state index in [4.69, 9.17) is 5.11 Å². The number of hydrogen-bond donors (Lipinski definition) is 4. The third kappa shape index (κ3) is 1.57. The molecule has 2 rings (SSSR count). The van der Waals surface area contributed by atoms with Crippen LogP contribution < -0.4 is 0 Å². The molecule has 4 N–H and O–H groups in total. The highest BCUT2D eigenvalue weighted by molar-refractivity contribution is 5.93. The van der Waals surface area contributed by atoms with Crippen molar-refractivity contribution in [1.29, 1.82) is 0 Å². The Balaban J connectivity index is 2.56. The van der Waals surface area contributed by atoms with Gasteiger partial charge < -0.3 is 25.2 Å². The van der Waals surface area contributed by atoms with Crippen molar-refractivity contribution in [2.24, 2.45) is 0 Å². The van der Waals surface area contributed by atoms with Crippen LogP contribution >= 0.6 is 0 Å². The Labute approximate surface area is 114 Å². The zero-order valence-corrected chi connectivity index (χ0v) is 10.6. The number of rotatable bonds is 3. The molecular formula is C13H14O7. The van der Waals surface area contributed by atoms with E-state index in [2.05, 4.69) is 4.74 Å². The number of carboxylic acid groups (broad SMARTS) is 1. The van der Waals surface area contributed by atoms with E-state index in [0.717, 1.165) is 7.11 Å². The summed E-state index contributed by atoms with van der Waals surface area (Å²) in [6.45, 7) is 0. The van der Waals surface area contributed by atoms with Crippen LogP contribution in [0.15, 0.2) is 30.3 Å². The molecule has 108 valence electrons. The second-order valence-corrected chi connectivity index (χ2v) is 4.69. The summed E-state index contributed by atoms with van der Waals surface area (Å²) in [5.41, 5.74) is -4.97. The number of carbonyl (C=O) groups excluding carboxylic acids is 1. The minimum Gasteiger partial charge on any atom is -0.479 e. The number of benzene rings is 1. The molecule has 1 aromatic carbocycles. The lowest BCUT2D eigenvalue weighted by Gasteiger charge is -2.56. The standard InChI is InChI=1S/C13H14O7/c1-20-11(17)13(19)8(7-5-3-2-4-6-7)12(18,9(13)14)10(15)16/h2-6,8-9,14,18-19H,1H3,(H,15,16)/t8?,9-,12-,13+/m0/s1. The molecule has 1 unspecified atom stereocenters. The summed E-state index contributed by atoms with van der Waals surface area (Å²) in [5, 5.41) is 39.3. The minimum atomic E-state index is -2.66. The molecule has 1 saturated carbocycles. The van der Waals surface area contributed by atoms with Gasteiger partial charge in [0.15, 0.2) is 0 Å². The summed E-state index contributed by atoms with van der Waals surface area (Å²) in [6, 6.07) is 7.65. The lowest BCUT2D eigenvalue weighted by atomic mass is 9.53. The molecule has 7 heteroatoms. The highest BCUT2D eigenvalue weighted by atomic mass is 16.5. The Kier molecular flexibility index (Phi) is 3.29. The Hall–Kier alpha value is -1.96. The molecule has 1 fully saturated rings. The van der Waals surface area contributed by atoms with Crippen LogP contribution in [0.25, 0.3) is 0 Å². The molecule has 1 aromatic rings. The van der Waals surface area contributed by atoms with Gasteiger partial charge in [0.05, 0.1) is 13.0 Å². The van der Waals surface area contributed by atoms with Crippen molar-refractivity contribution in [2.45, 2.75) is 23.2 Å². The minimum absolute atomic E-state index is 0.204. The van der Waals surface area contributed by atoms with Gasteiger partial charge in [-0.2, -0.15) is 0 Å². The second-order valence-electron chi connectivity index (χ2n) is 4.69. The molecule has 7 nitrogen and oxygen atoms in total. The van der Waals surface area contributed by atoms with Crippen molar-refractivity contribution >= 4 is 11.9 Å². The normalized spacial score (nSPS) is 36.0. The van der Waals surface area contributed by atoms with Crippen molar-refractivity contribution in [2.75, 3.05) is 7.11 Å². The van der Waals surface area contributed by atoms with E-state index in [1.807, 2.05) is 0 Å². The SMILES string of the molecule is COC(=O)[C@@]1(O)C(c2ccccc2)[C@@](O)(C(=O)O)[C@@H]1O. The molecule has 0 heterocycles. The van der Waals surface area contributed by atoms with Crippen LogP contribution in [0.2, 0.25) is 0 Å². The van der Waals surface area contributed by atoms with E-state index in [-0.39, 0.29) is 5.56 Å². The predicted octanol–water partition coefficient (Wildman–Crippen LogP) is -1.14. The van der Waals surface area contributed by atoms with Gasteiger partial charge in [-0.25, -0.2) is 9.59 Å². The van der Waals surface area contributed by atoms with Crippen LogP contribution in [-0.4, -0.2) is 56.8 Å². The van der Waals surface area contributed by atoms with Crippen LogP contribution in [0.3, 0.4) is 0 Å². The number of methoxy groups -OCH3 is 1. The third-order valence-corrected chi connectivity index (χ3v) is 3.70. The highest BCUT2D eigenvalue weighted by Gasteiger charge is 2.78. The van der Waals surface area contributed by atoms with Crippen LogP contribution in [0, 0.1) is 0 Å². The van der Waals surface area contributed by atoms with Crippen LogP contribution in [0.4, 0.5) is 0 Å². The first kappa shape index (κ1) is 14.4. The molecule has 0 amide bonds. The predicted molar refractivity (Wildman–Crippen MR) is 64.7 cm³/mol. The van der Waals surface area contributed by atoms with Crippen molar-refractivity contribution < 1.29 is 34.8 Å². The van der Waals surface area contributed by atoms with Crippen LogP contribution in [0.5, 0.6) is 0 Å². The van der Waals surface area contributed by atoms with E-state index >= 15 is 0 Å². The summed E-state index contributed by atoms with van der Waals surface area (Å²) in [4.78, 5) is 22.9. The zero-order valence-electron chi connectivity index (χ0n) is 10.6. The topological polar surface area (TPSA) is 124 Å². The molecule has 1 aliphatic rings. The monoisotopic (exact) mass is 282 g/mol. The Morgan fingerprint density at radius 2 is 1.70 bits per heavy atom. The van der Waals surface area contributed by atoms with E-state index in [9.17, 15) is 24.9 Å². The quantitative estimate of drug-likeness (QED) is 0.517. The molecule has 0 spiro atoms. The smallest absolute Gasteiger partial charge is 0.341 e. The summed E-state index contributed by atoms with van der Waals surface area (Å²) in [7, 11) is 0.993. The first-order valence-corrected chi connectivity index (χ1v) is 5.80. The number of esters is 1. The largest absolute Gasteiger partial charge is 0.479 e. The van der Waals surface area contributed by atoms with Gasteiger partial charge in [-0.3, -0.25) is 0 Å². The summed E-state index contributed by atoms with van der Waals surface area (Å²) >= 11 is 0. The first-order chi connectivity index (χ1) is 9.31. The molecular weight excluding hydrogens is 268 g/mol. The molecule has 0 saturated heterocycles. The highest BCUT2D eigenvalue weighted by Crippen LogP contribution is 2.54. The summed E-state index contributed by atoms with van der Waals surface area (Å²) in [6.07, 6.45) is -2.19. The molecule has 1 aliphatic carbocycles. The molecule has 0 aliphatic heterocycles. The third-order valence-electron chi connectivity index (χ3n) is 3.70. The average Bonchev–Trinajstić information content (AvgIpc) is 2.46. The number of aliphatic hydroxyl groups is 3. The summed E-state index contributed by atoms with van der Waals surface area (Å²) < 4.78 is 4.40. The Bertz CT molecular complexity index is 543. The van der Waals surface area contributed by atoms with Gasteiger partial charge in [-0.05, 0) is 5.56 Å². The van der Waals surface area contributed by atoms with Crippen molar-refractivity contribution in [3.8, 4) is 0 Å². The van der Waals surface area contributed by atoms with E-state index in [0.29, 0.717) is 0 Å². The number of ether oxygens (including phenoxy) is 1. The zero-order chi connectivity index (χ0) is 15.1. The molecule has 0 bridgehead atoms. The van der Waals surface area contributed by atoms with Gasteiger partial charge in [-0.15, -0.1) is 0 Å². The fraction of sp³-hybridized carbons (Fsp3) is 0.385. The molecule has 0 radical (unpaired) electrons. The maximum Gasteiger partial charge on any atom is 0.341 e. The first-order valence-electron chi connectivity index (χ1n) is 5.80. The van der Waals surface area contributed by atoms with Crippen molar-refractivity contribution in [1.82, 2.24) is 0 Å². The Morgan fingerprint density at radius 1 is 1.15 bits per heavy atom. The second kappa shape index (κ2) is 4.55. The van der Waals surface area contributed by atoms with E-state index in [1.54, 1.807) is 18.2 Å². The van der Waals surface area contributed by atoms with Crippen LogP contribution in [-0.2, 0) is 14.3 Å². The maximum atomic E-state index is 11.7.